The fourth-order valence-electron chi connectivity index (χ4n) is 5.12. The zero-order valence-electron chi connectivity index (χ0n) is 16.0. The van der Waals surface area contributed by atoms with Crippen molar-refractivity contribution in [1.29, 1.82) is 0 Å². The van der Waals surface area contributed by atoms with Crippen molar-refractivity contribution in [2.75, 3.05) is 19.6 Å². The van der Waals surface area contributed by atoms with E-state index in [9.17, 15) is 4.79 Å². The van der Waals surface area contributed by atoms with Gasteiger partial charge in [0.05, 0.1) is 10.5 Å². The zero-order chi connectivity index (χ0) is 18.7. The predicted octanol–water partition coefficient (Wildman–Crippen LogP) is 4.20. The highest BCUT2D eigenvalue weighted by Crippen LogP contribution is 2.44. The third-order valence-corrected chi connectivity index (χ3v) is 7.30. The second-order valence-electron chi connectivity index (χ2n) is 8.26. The highest BCUT2D eigenvalue weighted by Gasteiger charge is 2.40. The molecular weight excluding hydrogens is 402 g/mol. The fourth-order valence-corrected chi connectivity index (χ4v) is 5.69. The van der Waals surface area contributed by atoms with E-state index in [0.29, 0.717) is 18.0 Å². The van der Waals surface area contributed by atoms with Crippen LogP contribution in [0.25, 0.3) is 16.5 Å². The van der Waals surface area contributed by atoms with Crippen LogP contribution in [0.15, 0.2) is 28.9 Å². The summed E-state index contributed by atoms with van der Waals surface area (Å²) in [6, 6.07) is 7.27. The topological polar surface area (TPSA) is 39.3 Å². The van der Waals surface area contributed by atoms with Gasteiger partial charge in [-0.1, -0.05) is 25.1 Å². The van der Waals surface area contributed by atoms with Crippen LogP contribution in [0.3, 0.4) is 0 Å². The molecule has 5 heteroatoms. The number of benzene rings is 1. The van der Waals surface area contributed by atoms with Gasteiger partial charge in [0.1, 0.15) is 0 Å². The van der Waals surface area contributed by atoms with Crippen LogP contribution < -0.4 is 0 Å². The molecule has 27 heavy (non-hydrogen) atoms. The summed E-state index contributed by atoms with van der Waals surface area (Å²) < 4.78 is 1.10. The van der Waals surface area contributed by atoms with Crippen LogP contribution in [-0.4, -0.2) is 52.4 Å². The molecule has 2 unspecified atom stereocenters. The van der Waals surface area contributed by atoms with Crippen molar-refractivity contribution in [2.24, 2.45) is 5.92 Å². The maximum absolute atomic E-state index is 13.1. The van der Waals surface area contributed by atoms with E-state index in [0.717, 1.165) is 43.5 Å². The molecule has 0 radical (unpaired) electrons. The van der Waals surface area contributed by atoms with Crippen LogP contribution in [0.5, 0.6) is 0 Å². The molecular formula is C22H26BrN3O. The number of H-pyrrole nitrogens is 1. The van der Waals surface area contributed by atoms with E-state index < -0.39 is 0 Å². The number of carbonyl (C=O) groups excluding carboxylic acids is 1. The van der Waals surface area contributed by atoms with Gasteiger partial charge in [0, 0.05) is 36.1 Å². The molecule has 1 saturated heterocycles. The Labute approximate surface area is 168 Å². The lowest BCUT2D eigenvalue weighted by Gasteiger charge is -2.45. The summed E-state index contributed by atoms with van der Waals surface area (Å²) in [5.74, 6) is 0.291. The molecule has 4 nitrogen and oxygen atoms in total. The van der Waals surface area contributed by atoms with E-state index >= 15 is 0 Å². The minimum Gasteiger partial charge on any atom is -0.349 e. The molecule has 0 spiro atoms. The summed E-state index contributed by atoms with van der Waals surface area (Å²) in [4.78, 5) is 21.2. The fraction of sp³-hybridized carbons (Fsp3) is 0.500. The normalized spacial score (nSPS) is 27.3. The third kappa shape index (κ3) is 2.62. The van der Waals surface area contributed by atoms with E-state index in [4.69, 9.17) is 0 Å². The number of halogens is 1. The van der Waals surface area contributed by atoms with Crippen molar-refractivity contribution in [2.45, 2.75) is 45.2 Å². The predicted molar refractivity (Wildman–Crippen MR) is 113 cm³/mol. The average molecular weight is 428 g/mol. The molecule has 3 atom stereocenters. The number of hydrogen-bond acceptors (Lipinski definition) is 2. The van der Waals surface area contributed by atoms with Crippen LogP contribution in [0.4, 0.5) is 0 Å². The molecule has 2 aromatic rings. The van der Waals surface area contributed by atoms with E-state index in [1.165, 1.54) is 27.6 Å². The maximum atomic E-state index is 13.1. The first kappa shape index (κ1) is 17.5. The Kier molecular flexibility index (Phi) is 4.21. The summed E-state index contributed by atoms with van der Waals surface area (Å²) >= 11 is 3.74. The van der Waals surface area contributed by atoms with Gasteiger partial charge in [0.25, 0.3) is 0 Å². The number of carbonyl (C=O) groups is 1. The molecule has 1 amide bonds. The summed E-state index contributed by atoms with van der Waals surface area (Å²) in [5.41, 5.74) is 5.22. The Balaban J connectivity index is 1.61. The Hall–Kier alpha value is -1.59. The minimum absolute atomic E-state index is 0.0234. The molecule has 1 aliphatic carbocycles. The molecule has 142 valence electrons. The van der Waals surface area contributed by atoms with E-state index in [2.05, 4.69) is 68.8 Å². The van der Waals surface area contributed by atoms with Crippen molar-refractivity contribution >= 4 is 38.3 Å². The van der Waals surface area contributed by atoms with Gasteiger partial charge in [0.2, 0.25) is 5.91 Å². The number of fused-ring (bicyclic) bond motifs is 2. The molecule has 3 aliphatic rings. The zero-order valence-corrected chi connectivity index (χ0v) is 17.6. The first-order chi connectivity index (χ1) is 13.1. The molecule has 1 aromatic carbocycles. The van der Waals surface area contributed by atoms with Crippen LogP contribution in [0.1, 0.15) is 37.8 Å². The summed E-state index contributed by atoms with van der Waals surface area (Å²) in [7, 11) is 0. The number of nitrogens with zero attached hydrogens (tertiary/aromatic N) is 2. The molecule has 1 fully saturated rings. The number of likely N-dealkylation sites (tertiary alicyclic amines) is 1. The summed E-state index contributed by atoms with van der Waals surface area (Å²) in [5, 5.41) is 1.33. The largest absolute Gasteiger partial charge is 0.349 e. The molecule has 2 aliphatic heterocycles. The van der Waals surface area contributed by atoms with Crippen LogP contribution in [0, 0.1) is 5.92 Å². The van der Waals surface area contributed by atoms with Gasteiger partial charge in [-0.3, -0.25) is 9.69 Å². The van der Waals surface area contributed by atoms with E-state index in [1.807, 2.05) is 0 Å². The second kappa shape index (κ2) is 6.49. The van der Waals surface area contributed by atoms with Crippen molar-refractivity contribution in [1.82, 2.24) is 14.8 Å². The highest BCUT2D eigenvalue weighted by molar-refractivity contribution is 9.10. The van der Waals surface area contributed by atoms with Gasteiger partial charge in [-0.2, -0.15) is 0 Å². The SMILES string of the molecule is CCCN1C[C@H](C(=O)N2CCC2C)C=C2c3cccc4[nH]c(Br)c(c34)CC21. The monoisotopic (exact) mass is 427 g/mol. The number of aromatic amines is 1. The lowest BCUT2D eigenvalue weighted by atomic mass is 9.79. The Bertz CT molecular complexity index is 946. The van der Waals surface area contributed by atoms with Crippen LogP contribution in [0.2, 0.25) is 0 Å². The number of amides is 1. The van der Waals surface area contributed by atoms with Crippen LogP contribution >= 0.6 is 15.9 Å². The first-order valence-electron chi connectivity index (χ1n) is 10.1. The Morgan fingerprint density at radius 3 is 2.93 bits per heavy atom. The van der Waals surface area contributed by atoms with Gasteiger partial charge in [-0.15, -0.1) is 0 Å². The molecule has 0 saturated carbocycles. The van der Waals surface area contributed by atoms with Crippen LogP contribution in [-0.2, 0) is 11.2 Å². The van der Waals surface area contributed by atoms with E-state index in [1.54, 1.807) is 0 Å². The van der Waals surface area contributed by atoms with Crippen molar-refractivity contribution in [3.8, 4) is 0 Å². The Morgan fingerprint density at radius 2 is 2.22 bits per heavy atom. The lowest BCUT2D eigenvalue weighted by molar-refractivity contribution is -0.142. The van der Waals surface area contributed by atoms with Gasteiger partial charge in [0.15, 0.2) is 0 Å². The minimum atomic E-state index is -0.0234. The van der Waals surface area contributed by atoms with Crippen molar-refractivity contribution in [3.05, 3.63) is 40.0 Å². The van der Waals surface area contributed by atoms with Gasteiger partial charge < -0.3 is 9.88 Å². The quantitative estimate of drug-likeness (QED) is 0.796. The summed E-state index contributed by atoms with van der Waals surface area (Å²) in [6.07, 6.45) is 5.54. The molecule has 0 bridgehead atoms. The number of nitrogens with one attached hydrogen (secondary N) is 1. The van der Waals surface area contributed by atoms with Gasteiger partial charge in [-0.05, 0) is 71.4 Å². The smallest absolute Gasteiger partial charge is 0.231 e. The van der Waals surface area contributed by atoms with Gasteiger partial charge >= 0.3 is 0 Å². The van der Waals surface area contributed by atoms with E-state index in [-0.39, 0.29) is 5.92 Å². The van der Waals surface area contributed by atoms with Crippen molar-refractivity contribution in [3.63, 3.8) is 0 Å². The summed E-state index contributed by atoms with van der Waals surface area (Å²) in [6.45, 7) is 7.19. The number of rotatable bonds is 3. The molecule has 5 rings (SSSR count). The number of aromatic nitrogens is 1. The first-order valence-corrected chi connectivity index (χ1v) is 10.9. The van der Waals surface area contributed by atoms with Gasteiger partial charge in [-0.25, -0.2) is 0 Å². The molecule has 3 heterocycles. The second-order valence-corrected chi connectivity index (χ2v) is 9.05. The standard InChI is InChI=1S/C22H26BrN3O/c1-3-8-25-12-14(22(27)26-9-7-13(26)2)10-16-15-5-4-6-18-20(15)17(11-19(16)25)21(23)24-18/h4-6,10,13-14,19,24H,3,7-9,11-12H2,1-2H3/t13?,14-,19?/m1/s1. The lowest BCUT2D eigenvalue weighted by Crippen LogP contribution is -2.55. The molecule has 1 N–H and O–H groups in total. The number of hydrogen-bond donors (Lipinski definition) is 1. The molecule has 1 aromatic heterocycles. The Morgan fingerprint density at radius 1 is 1.37 bits per heavy atom. The highest BCUT2D eigenvalue weighted by atomic mass is 79.9. The van der Waals surface area contributed by atoms with Crippen molar-refractivity contribution < 1.29 is 4.79 Å². The third-order valence-electron chi connectivity index (χ3n) is 6.63. The average Bonchev–Trinajstić information content (AvgIpc) is 2.98. The maximum Gasteiger partial charge on any atom is 0.231 e.